The number of benzene rings is 1. The van der Waals surface area contributed by atoms with Crippen LogP contribution >= 0.6 is 24.2 Å². The van der Waals surface area contributed by atoms with Gasteiger partial charge in [0.05, 0.1) is 0 Å². The maximum absolute atomic E-state index is 12.6. The van der Waals surface area contributed by atoms with Crippen LogP contribution in [-0.4, -0.2) is 41.4 Å². The Morgan fingerprint density at radius 1 is 1.50 bits per heavy atom. The molecule has 1 aromatic rings. The molecule has 0 saturated carbocycles. The second kappa shape index (κ2) is 6.72. The number of halogens is 1. The number of hydrogen-bond acceptors (Lipinski definition) is 3. The van der Waals surface area contributed by atoms with Crippen LogP contribution < -0.4 is 5.32 Å². The highest BCUT2D eigenvalue weighted by molar-refractivity contribution is 8.00. The van der Waals surface area contributed by atoms with Crippen LogP contribution in [0.3, 0.4) is 0 Å². The molecule has 0 aromatic heterocycles. The summed E-state index contributed by atoms with van der Waals surface area (Å²) in [5, 5.41) is 3.94. The van der Waals surface area contributed by atoms with E-state index in [2.05, 4.69) is 18.3 Å². The average Bonchev–Trinajstić information content (AvgIpc) is 2.94. The van der Waals surface area contributed by atoms with Gasteiger partial charge in [0, 0.05) is 41.9 Å². The quantitative estimate of drug-likeness (QED) is 0.911. The molecule has 1 saturated heterocycles. The molecule has 1 fully saturated rings. The topological polar surface area (TPSA) is 32.3 Å². The van der Waals surface area contributed by atoms with Crippen molar-refractivity contribution in [2.45, 2.75) is 25.0 Å². The van der Waals surface area contributed by atoms with Gasteiger partial charge < -0.3 is 10.2 Å². The number of fused-ring (bicyclic) bond motifs is 1. The standard InChI is InChI=1S/C15H20N2OS.ClH/c1-2-13-10-17(7-8-19-13)15(18)12-3-4-14-11(9-12)5-6-16-14;/h3-4,9,13,16H,2,5-8,10H2,1H3;1H. The van der Waals surface area contributed by atoms with Crippen LogP contribution in [-0.2, 0) is 6.42 Å². The fraction of sp³-hybridized carbons (Fsp3) is 0.533. The van der Waals surface area contributed by atoms with Crippen molar-refractivity contribution in [1.29, 1.82) is 0 Å². The van der Waals surface area contributed by atoms with Gasteiger partial charge in [0.15, 0.2) is 0 Å². The van der Waals surface area contributed by atoms with Gasteiger partial charge in [-0.2, -0.15) is 11.8 Å². The highest BCUT2D eigenvalue weighted by Gasteiger charge is 2.24. The molecule has 1 aromatic carbocycles. The first-order chi connectivity index (χ1) is 9.28. The van der Waals surface area contributed by atoms with Crippen molar-refractivity contribution < 1.29 is 4.79 Å². The summed E-state index contributed by atoms with van der Waals surface area (Å²) in [4.78, 5) is 14.6. The Kier molecular flexibility index (Phi) is 5.22. The maximum atomic E-state index is 12.6. The number of carbonyl (C=O) groups excluding carboxylic acids is 1. The maximum Gasteiger partial charge on any atom is 0.253 e. The van der Waals surface area contributed by atoms with Gasteiger partial charge in [-0.25, -0.2) is 0 Å². The van der Waals surface area contributed by atoms with Crippen molar-refractivity contribution >= 4 is 35.8 Å². The summed E-state index contributed by atoms with van der Waals surface area (Å²) in [7, 11) is 0. The molecule has 5 heteroatoms. The van der Waals surface area contributed by atoms with Crippen LogP contribution in [0.4, 0.5) is 5.69 Å². The predicted octanol–water partition coefficient (Wildman–Crippen LogP) is 3.04. The number of anilines is 1. The van der Waals surface area contributed by atoms with Crippen molar-refractivity contribution in [2.24, 2.45) is 0 Å². The summed E-state index contributed by atoms with van der Waals surface area (Å²) in [6.07, 6.45) is 2.17. The zero-order valence-corrected chi connectivity index (χ0v) is 13.4. The van der Waals surface area contributed by atoms with Crippen molar-refractivity contribution in [3.05, 3.63) is 29.3 Å². The van der Waals surface area contributed by atoms with E-state index in [1.807, 2.05) is 28.8 Å². The van der Waals surface area contributed by atoms with Crippen molar-refractivity contribution in [3.8, 4) is 0 Å². The molecule has 1 amide bonds. The molecule has 20 heavy (non-hydrogen) atoms. The van der Waals surface area contributed by atoms with E-state index in [1.54, 1.807) is 0 Å². The molecule has 3 nitrogen and oxygen atoms in total. The Morgan fingerprint density at radius 2 is 2.35 bits per heavy atom. The van der Waals surface area contributed by atoms with E-state index < -0.39 is 0 Å². The van der Waals surface area contributed by atoms with Crippen molar-refractivity contribution in [3.63, 3.8) is 0 Å². The summed E-state index contributed by atoms with van der Waals surface area (Å²) >= 11 is 2.00. The van der Waals surface area contributed by atoms with Gasteiger partial charge in [-0.15, -0.1) is 12.4 Å². The Hall–Kier alpha value is -0.870. The third-order valence-corrected chi connectivity index (χ3v) is 5.32. The lowest BCUT2D eigenvalue weighted by atomic mass is 10.1. The molecule has 2 aliphatic heterocycles. The van der Waals surface area contributed by atoms with Gasteiger partial charge in [0.2, 0.25) is 0 Å². The zero-order valence-electron chi connectivity index (χ0n) is 11.7. The number of amides is 1. The van der Waals surface area contributed by atoms with Gasteiger partial charge in [0.1, 0.15) is 0 Å². The van der Waals surface area contributed by atoms with Gasteiger partial charge in [-0.1, -0.05) is 6.92 Å². The fourth-order valence-electron chi connectivity index (χ4n) is 2.77. The predicted molar refractivity (Wildman–Crippen MR) is 88.3 cm³/mol. The summed E-state index contributed by atoms with van der Waals surface area (Å²) in [6, 6.07) is 6.08. The van der Waals surface area contributed by atoms with Gasteiger partial charge in [-0.05, 0) is 36.6 Å². The molecule has 3 rings (SSSR count). The Labute approximate surface area is 130 Å². The largest absolute Gasteiger partial charge is 0.384 e. The summed E-state index contributed by atoms with van der Waals surface area (Å²) < 4.78 is 0. The molecule has 1 N–H and O–H groups in total. The summed E-state index contributed by atoms with van der Waals surface area (Å²) in [5.74, 6) is 1.27. The lowest BCUT2D eigenvalue weighted by molar-refractivity contribution is 0.0761. The second-order valence-corrected chi connectivity index (χ2v) is 6.61. The number of nitrogens with zero attached hydrogens (tertiary/aromatic N) is 1. The lowest BCUT2D eigenvalue weighted by Gasteiger charge is -2.32. The molecule has 1 atom stereocenters. The average molecular weight is 313 g/mol. The van der Waals surface area contributed by atoms with Crippen LogP contribution in [0.25, 0.3) is 0 Å². The Balaban J connectivity index is 0.00000147. The second-order valence-electron chi connectivity index (χ2n) is 5.20. The molecule has 0 spiro atoms. The summed E-state index contributed by atoms with van der Waals surface area (Å²) in [6.45, 7) is 4.97. The van der Waals surface area contributed by atoms with Crippen LogP contribution in [0.2, 0.25) is 0 Å². The van der Waals surface area contributed by atoms with Crippen LogP contribution in [0.15, 0.2) is 18.2 Å². The van der Waals surface area contributed by atoms with Gasteiger partial charge in [-0.3, -0.25) is 4.79 Å². The Bertz CT molecular complexity index is 495. The van der Waals surface area contributed by atoms with Crippen LogP contribution in [0, 0.1) is 0 Å². The number of rotatable bonds is 2. The van der Waals surface area contributed by atoms with Gasteiger partial charge >= 0.3 is 0 Å². The zero-order chi connectivity index (χ0) is 13.2. The van der Waals surface area contributed by atoms with E-state index in [-0.39, 0.29) is 18.3 Å². The normalized spacial score (nSPS) is 20.9. The number of nitrogens with one attached hydrogen (secondary N) is 1. The minimum Gasteiger partial charge on any atom is -0.384 e. The molecule has 110 valence electrons. The molecule has 0 aliphatic carbocycles. The molecule has 2 heterocycles. The lowest BCUT2D eigenvalue weighted by Crippen LogP contribution is -2.41. The molecular weight excluding hydrogens is 292 g/mol. The molecule has 2 aliphatic rings. The van der Waals surface area contributed by atoms with Crippen molar-refractivity contribution in [1.82, 2.24) is 4.90 Å². The highest BCUT2D eigenvalue weighted by atomic mass is 35.5. The number of hydrogen-bond donors (Lipinski definition) is 1. The number of thioether (sulfide) groups is 1. The van der Waals surface area contributed by atoms with E-state index in [0.29, 0.717) is 5.25 Å². The van der Waals surface area contributed by atoms with Crippen LogP contribution in [0.1, 0.15) is 29.3 Å². The third-order valence-electron chi connectivity index (χ3n) is 3.94. The van der Waals surface area contributed by atoms with E-state index in [1.165, 1.54) is 11.3 Å². The fourth-order valence-corrected chi connectivity index (χ4v) is 3.95. The Morgan fingerprint density at radius 3 is 3.15 bits per heavy atom. The minimum absolute atomic E-state index is 0. The van der Waals surface area contributed by atoms with E-state index in [0.717, 1.165) is 43.8 Å². The van der Waals surface area contributed by atoms with Crippen LogP contribution in [0.5, 0.6) is 0 Å². The first-order valence-corrected chi connectivity index (χ1v) is 8.10. The minimum atomic E-state index is 0. The van der Waals surface area contributed by atoms with E-state index in [4.69, 9.17) is 0 Å². The first kappa shape index (κ1) is 15.5. The molecular formula is C15H21ClN2OS. The summed E-state index contributed by atoms with van der Waals surface area (Å²) in [5.41, 5.74) is 3.32. The third kappa shape index (κ3) is 3.07. The molecule has 0 bridgehead atoms. The van der Waals surface area contributed by atoms with E-state index >= 15 is 0 Å². The smallest absolute Gasteiger partial charge is 0.253 e. The number of carbonyl (C=O) groups is 1. The SMILES string of the molecule is CCC1CN(C(=O)c2ccc3c(c2)CCN3)CCS1.Cl. The van der Waals surface area contributed by atoms with Crippen molar-refractivity contribution in [2.75, 3.05) is 30.7 Å². The monoisotopic (exact) mass is 312 g/mol. The van der Waals surface area contributed by atoms with Gasteiger partial charge in [0.25, 0.3) is 5.91 Å². The first-order valence-electron chi connectivity index (χ1n) is 7.05. The molecule has 1 unspecified atom stereocenters. The molecule has 0 radical (unpaired) electrons. The van der Waals surface area contributed by atoms with E-state index in [9.17, 15) is 4.79 Å². The highest BCUT2D eigenvalue weighted by Crippen LogP contribution is 2.26.